The van der Waals surface area contributed by atoms with E-state index in [2.05, 4.69) is 5.32 Å². The third-order valence-electron chi connectivity index (χ3n) is 4.10. The summed E-state index contributed by atoms with van der Waals surface area (Å²) in [5.41, 5.74) is 1.28. The first-order valence-corrected chi connectivity index (χ1v) is 8.77. The van der Waals surface area contributed by atoms with E-state index < -0.39 is 11.7 Å². The summed E-state index contributed by atoms with van der Waals surface area (Å²) in [5, 5.41) is 2.84. The highest BCUT2D eigenvalue weighted by Gasteiger charge is 2.42. The zero-order valence-electron chi connectivity index (χ0n) is 15.3. The van der Waals surface area contributed by atoms with Crippen molar-refractivity contribution >= 4 is 6.09 Å². The average molecular weight is 357 g/mol. The highest BCUT2D eigenvalue weighted by Crippen LogP contribution is 2.45. The molecule has 1 N–H and O–H groups in total. The van der Waals surface area contributed by atoms with Gasteiger partial charge in [-0.25, -0.2) is 9.18 Å². The summed E-state index contributed by atoms with van der Waals surface area (Å²) >= 11 is 0. The molecule has 138 valence electrons. The van der Waals surface area contributed by atoms with Gasteiger partial charge in [0.2, 0.25) is 0 Å². The van der Waals surface area contributed by atoms with Crippen molar-refractivity contribution in [2.24, 2.45) is 0 Å². The molecule has 0 heterocycles. The van der Waals surface area contributed by atoms with Crippen LogP contribution in [-0.2, 0) is 11.3 Å². The quantitative estimate of drug-likeness (QED) is 0.837. The Hall–Kier alpha value is -2.56. The van der Waals surface area contributed by atoms with Crippen molar-refractivity contribution < 1.29 is 18.7 Å². The number of carbonyl (C=O) groups excluding carboxylic acids is 1. The molecule has 3 rings (SSSR count). The van der Waals surface area contributed by atoms with Crippen molar-refractivity contribution in [2.45, 2.75) is 51.4 Å². The van der Waals surface area contributed by atoms with Crippen LogP contribution in [0.1, 0.15) is 44.2 Å². The van der Waals surface area contributed by atoms with E-state index in [1.165, 1.54) is 12.1 Å². The molecule has 1 fully saturated rings. The van der Waals surface area contributed by atoms with Crippen LogP contribution in [0.15, 0.2) is 48.5 Å². The molecule has 26 heavy (non-hydrogen) atoms. The summed E-state index contributed by atoms with van der Waals surface area (Å²) in [6, 6.07) is 14.3. The number of ether oxygens (including phenoxy) is 2. The van der Waals surface area contributed by atoms with Crippen molar-refractivity contribution in [2.75, 3.05) is 0 Å². The third-order valence-corrected chi connectivity index (χ3v) is 4.10. The first kappa shape index (κ1) is 18.2. The van der Waals surface area contributed by atoms with Crippen LogP contribution in [0.25, 0.3) is 0 Å². The molecule has 0 saturated heterocycles. The maximum Gasteiger partial charge on any atom is 0.407 e. The summed E-state index contributed by atoms with van der Waals surface area (Å²) in [5.74, 6) is 0.368. The van der Waals surface area contributed by atoms with E-state index >= 15 is 0 Å². The lowest BCUT2D eigenvalue weighted by atomic mass is 10.1. The van der Waals surface area contributed by atoms with Crippen molar-refractivity contribution in [1.82, 2.24) is 5.32 Å². The second-order valence-corrected chi connectivity index (χ2v) is 7.55. The topological polar surface area (TPSA) is 47.6 Å². The normalized spacial score (nSPS) is 18.9. The lowest BCUT2D eigenvalue weighted by Gasteiger charge is -2.19. The zero-order valence-corrected chi connectivity index (χ0v) is 15.3. The van der Waals surface area contributed by atoms with Crippen LogP contribution >= 0.6 is 0 Å². The molecule has 0 bridgehead atoms. The Bertz CT molecular complexity index is 771. The average Bonchev–Trinajstić information content (AvgIpc) is 3.31. The number of rotatable bonds is 5. The van der Waals surface area contributed by atoms with Crippen molar-refractivity contribution in [1.29, 1.82) is 0 Å². The van der Waals surface area contributed by atoms with Gasteiger partial charge in [0.15, 0.2) is 0 Å². The minimum absolute atomic E-state index is 0.0315. The number of alkyl carbamates (subject to hydrolysis) is 1. The summed E-state index contributed by atoms with van der Waals surface area (Å²) in [7, 11) is 0. The first-order valence-electron chi connectivity index (χ1n) is 8.77. The molecule has 0 aliphatic heterocycles. The molecule has 2 atom stereocenters. The van der Waals surface area contributed by atoms with Crippen molar-refractivity contribution in [3.8, 4) is 5.75 Å². The molecule has 2 aromatic rings. The fraction of sp³-hybridized carbons (Fsp3) is 0.381. The molecular weight excluding hydrogens is 333 g/mol. The van der Waals surface area contributed by atoms with Crippen LogP contribution in [0, 0.1) is 5.82 Å². The van der Waals surface area contributed by atoms with Gasteiger partial charge in [-0.15, -0.1) is 0 Å². The van der Waals surface area contributed by atoms with Gasteiger partial charge in [0.25, 0.3) is 0 Å². The summed E-state index contributed by atoms with van der Waals surface area (Å²) in [6.07, 6.45) is 0.290. The Balaban J connectivity index is 1.65. The van der Waals surface area contributed by atoms with Gasteiger partial charge in [0.1, 0.15) is 23.8 Å². The smallest absolute Gasteiger partial charge is 0.407 e. The number of nitrogens with one attached hydrogen (secondary N) is 1. The molecule has 0 spiro atoms. The highest BCUT2D eigenvalue weighted by atomic mass is 19.1. The molecule has 1 saturated carbocycles. The van der Waals surface area contributed by atoms with E-state index in [-0.39, 0.29) is 17.8 Å². The molecule has 2 unspecified atom stereocenters. The molecule has 1 aliphatic rings. The molecule has 4 nitrogen and oxygen atoms in total. The maximum atomic E-state index is 13.7. The van der Waals surface area contributed by atoms with E-state index in [9.17, 15) is 9.18 Å². The third kappa shape index (κ3) is 4.97. The predicted molar refractivity (Wildman–Crippen MR) is 97.7 cm³/mol. The summed E-state index contributed by atoms with van der Waals surface area (Å²) in [6.45, 7) is 5.87. The van der Waals surface area contributed by atoms with E-state index in [1.807, 2.05) is 51.1 Å². The van der Waals surface area contributed by atoms with Gasteiger partial charge < -0.3 is 14.8 Å². The minimum Gasteiger partial charge on any atom is -0.489 e. The molecular formula is C21H24FNO3. The van der Waals surface area contributed by atoms with Crippen LogP contribution in [0.2, 0.25) is 0 Å². The molecule has 1 amide bonds. The van der Waals surface area contributed by atoms with Crippen LogP contribution in [0.3, 0.4) is 0 Å². The van der Waals surface area contributed by atoms with E-state index in [0.717, 1.165) is 17.5 Å². The fourth-order valence-electron chi connectivity index (χ4n) is 2.83. The number of hydrogen-bond donors (Lipinski definition) is 1. The van der Waals surface area contributed by atoms with Gasteiger partial charge in [-0.05, 0) is 51.0 Å². The Morgan fingerprint density at radius 2 is 1.92 bits per heavy atom. The van der Waals surface area contributed by atoms with Crippen LogP contribution < -0.4 is 10.1 Å². The number of halogens is 1. The Morgan fingerprint density at radius 3 is 2.62 bits per heavy atom. The number of carbonyl (C=O) groups is 1. The number of hydrogen-bond acceptors (Lipinski definition) is 3. The largest absolute Gasteiger partial charge is 0.489 e. The first-order chi connectivity index (χ1) is 12.3. The predicted octanol–water partition coefficient (Wildman–Crippen LogP) is 4.79. The van der Waals surface area contributed by atoms with Gasteiger partial charge in [0, 0.05) is 17.5 Å². The van der Waals surface area contributed by atoms with Gasteiger partial charge in [0.05, 0.1) is 0 Å². The second-order valence-electron chi connectivity index (χ2n) is 7.55. The monoisotopic (exact) mass is 357 g/mol. The fourth-order valence-corrected chi connectivity index (χ4v) is 2.83. The zero-order chi connectivity index (χ0) is 18.7. The van der Waals surface area contributed by atoms with Gasteiger partial charge in [-0.1, -0.05) is 30.3 Å². The molecule has 0 radical (unpaired) electrons. The lowest BCUT2D eigenvalue weighted by Crippen LogP contribution is -2.34. The molecule has 5 heteroatoms. The van der Waals surface area contributed by atoms with Crippen LogP contribution in [-0.4, -0.2) is 17.7 Å². The highest BCUT2D eigenvalue weighted by molar-refractivity contribution is 5.69. The number of amides is 1. The molecule has 0 aromatic heterocycles. The van der Waals surface area contributed by atoms with Gasteiger partial charge in [-0.3, -0.25) is 0 Å². The molecule has 1 aliphatic carbocycles. The van der Waals surface area contributed by atoms with Crippen molar-refractivity contribution in [3.63, 3.8) is 0 Å². The van der Waals surface area contributed by atoms with Crippen LogP contribution in [0.5, 0.6) is 5.75 Å². The van der Waals surface area contributed by atoms with Gasteiger partial charge >= 0.3 is 6.09 Å². The Labute approximate surface area is 153 Å². The van der Waals surface area contributed by atoms with Crippen molar-refractivity contribution in [3.05, 3.63) is 65.5 Å². The van der Waals surface area contributed by atoms with E-state index in [4.69, 9.17) is 9.47 Å². The lowest BCUT2D eigenvalue weighted by molar-refractivity contribution is 0.0522. The summed E-state index contributed by atoms with van der Waals surface area (Å²) < 4.78 is 24.9. The van der Waals surface area contributed by atoms with Crippen LogP contribution in [0.4, 0.5) is 9.18 Å². The SMILES string of the molecule is CC(C)(C)OC(=O)NC1CC1c1cc(F)ccc1OCc1ccccc1. The number of benzene rings is 2. The van der Waals surface area contributed by atoms with E-state index in [0.29, 0.717) is 12.4 Å². The minimum atomic E-state index is -0.544. The molecule has 2 aromatic carbocycles. The van der Waals surface area contributed by atoms with E-state index in [1.54, 1.807) is 6.07 Å². The van der Waals surface area contributed by atoms with Gasteiger partial charge in [-0.2, -0.15) is 0 Å². The second kappa shape index (κ2) is 7.36. The summed E-state index contributed by atoms with van der Waals surface area (Å²) in [4.78, 5) is 11.9. The Kier molecular flexibility index (Phi) is 5.16. The standard InChI is InChI=1S/C21H24FNO3/c1-21(2,3)26-20(24)23-18-12-16(18)17-11-15(22)9-10-19(17)25-13-14-7-5-4-6-8-14/h4-11,16,18H,12-13H2,1-3H3,(H,23,24). The maximum absolute atomic E-state index is 13.7. The Morgan fingerprint density at radius 1 is 1.19 bits per heavy atom.